The molecule has 0 bridgehead atoms. The van der Waals surface area contributed by atoms with Gasteiger partial charge in [-0.1, -0.05) is 20.4 Å². The maximum Gasteiger partial charge on any atom is 0.333 e. The molecule has 2 fully saturated rings. The minimum atomic E-state index is -0.254. The SMILES string of the molecule is C=C(C)C(=O)OC1CCC(C2CCC(OCC(C)OC(=O)C(C)CC)CC2)CC1. The van der Waals surface area contributed by atoms with E-state index in [-0.39, 0.29) is 36.2 Å². The van der Waals surface area contributed by atoms with Gasteiger partial charge in [0.05, 0.1) is 18.6 Å². The van der Waals surface area contributed by atoms with Crippen molar-refractivity contribution in [3.63, 3.8) is 0 Å². The summed E-state index contributed by atoms with van der Waals surface area (Å²) in [6, 6.07) is 0. The van der Waals surface area contributed by atoms with Gasteiger partial charge in [-0.25, -0.2) is 4.79 Å². The maximum absolute atomic E-state index is 11.9. The molecule has 0 amide bonds. The second-order valence-electron chi connectivity index (χ2n) is 9.15. The van der Waals surface area contributed by atoms with E-state index in [4.69, 9.17) is 14.2 Å². The summed E-state index contributed by atoms with van der Waals surface area (Å²) in [5.74, 6) is 1.07. The van der Waals surface area contributed by atoms with Crippen LogP contribution in [0.25, 0.3) is 0 Å². The van der Waals surface area contributed by atoms with Crippen LogP contribution >= 0.6 is 0 Å². The van der Waals surface area contributed by atoms with Crippen LogP contribution in [0, 0.1) is 17.8 Å². The summed E-state index contributed by atoms with van der Waals surface area (Å²) >= 11 is 0. The first-order valence-corrected chi connectivity index (χ1v) is 11.5. The summed E-state index contributed by atoms with van der Waals surface area (Å²) in [4.78, 5) is 23.5. The molecular formula is C24H40O5. The molecule has 166 valence electrons. The Hall–Kier alpha value is -1.36. The summed E-state index contributed by atoms with van der Waals surface area (Å²) in [6.45, 7) is 11.6. The lowest BCUT2D eigenvalue weighted by Gasteiger charge is -2.37. The number of rotatable bonds is 9. The lowest BCUT2D eigenvalue weighted by atomic mass is 9.72. The van der Waals surface area contributed by atoms with Gasteiger partial charge in [0.1, 0.15) is 12.2 Å². The normalized spacial score (nSPS) is 29.5. The molecule has 2 aliphatic carbocycles. The summed E-state index contributed by atoms with van der Waals surface area (Å²) in [5, 5.41) is 0. The number of carbonyl (C=O) groups is 2. The lowest BCUT2D eigenvalue weighted by Crippen LogP contribution is -2.32. The fraction of sp³-hybridized carbons (Fsp3) is 0.833. The van der Waals surface area contributed by atoms with Crippen molar-refractivity contribution in [2.75, 3.05) is 6.61 Å². The van der Waals surface area contributed by atoms with Crippen LogP contribution < -0.4 is 0 Å². The first kappa shape index (κ1) is 23.9. The van der Waals surface area contributed by atoms with Crippen molar-refractivity contribution in [1.82, 2.24) is 0 Å². The number of esters is 2. The summed E-state index contributed by atoms with van der Waals surface area (Å²) in [6.07, 6.45) is 9.76. The number of ether oxygens (including phenoxy) is 3. The Morgan fingerprint density at radius 3 is 1.93 bits per heavy atom. The first-order chi connectivity index (χ1) is 13.8. The molecule has 2 saturated carbocycles. The van der Waals surface area contributed by atoms with Gasteiger partial charge in [-0.3, -0.25) is 4.79 Å². The third-order valence-corrected chi connectivity index (χ3v) is 6.63. The highest BCUT2D eigenvalue weighted by Crippen LogP contribution is 2.39. The van der Waals surface area contributed by atoms with Crippen LogP contribution in [0.15, 0.2) is 12.2 Å². The maximum atomic E-state index is 11.9. The highest BCUT2D eigenvalue weighted by Gasteiger charge is 2.32. The van der Waals surface area contributed by atoms with Crippen molar-refractivity contribution < 1.29 is 23.8 Å². The number of hydrogen-bond acceptors (Lipinski definition) is 5. The molecule has 5 nitrogen and oxygen atoms in total. The average molecular weight is 409 g/mol. The third kappa shape index (κ3) is 7.76. The van der Waals surface area contributed by atoms with Crippen molar-refractivity contribution in [2.45, 2.75) is 104 Å². The standard InChI is InChI=1S/C24H40O5/c1-6-17(4)24(26)28-18(5)15-27-21-11-7-19(8-12-21)20-9-13-22(14-10-20)29-23(25)16(2)3/h17-22H,2,6-15H2,1,3-5H3. The van der Waals surface area contributed by atoms with Crippen LogP contribution in [0.3, 0.4) is 0 Å². The van der Waals surface area contributed by atoms with E-state index in [9.17, 15) is 9.59 Å². The van der Waals surface area contributed by atoms with E-state index in [1.807, 2.05) is 20.8 Å². The molecule has 29 heavy (non-hydrogen) atoms. The van der Waals surface area contributed by atoms with Gasteiger partial charge in [-0.15, -0.1) is 0 Å². The highest BCUT2D eigenvalue weighted by atomic mass is 16.6. The monoisotopic (exact) mass is 408 g/mol. The molecule has 0 saturated heterocycles. The molecule has 2 rings (SSSR count). The highest BCUT2D eigenvalue weighted by molar-refractivity contribution is 5.87. The molecule has 0 aliphatic heterocycles. The van der Waals surface area contributed by atoms with Crippen molar-refractivity contribution in [3.05, 3.63) is 12.2 Å². The van der Waals surface area contributed by atoms with Crippen molar-refractivity contribution in [2.24, 2.45) is 17.8 Å². The van der Waals surface area contributed by atoms with Gasteiger partial charge in [0.25, 0.3) is 0 Å². The minimum absolute atomic E-state index is 0.0488. The second-order valence-corrected chi connectivity index (χ2v) is 9.15. The van der Waals surface area contributed by atoms with Gasteiger partial charge in [0, 0.05) is 5.57 Å². The van der Waals surface area contributed by atoms with E-state index in [1.54, 1.807) is 6.92 Å². The summed E-state index contributed by atoms with van der Waals surface area (Å²) < 4.78 is 17.0. The molecule has 2 aliphatic rings. The molecule has 0 heterocycles. The minimum Gasteiger partial charge on any atom is -0.460 e. The van der Waals surface area contributed by atoms with Crippen LogP contribution in [-0.4, -0.2) is 36.9 Å². The van der Waals surface area contributed by atoms with Crippen LogP contribution in [0.2, 0.25) is 0 Å². The van der Waals surface area contributed by atoms with Crippen LogP contribution in [-0.2, 0) is 23.8 Å². The Balaban J connectivity index is 1.62. The topological polar surface area (TPSA) is 61.8 Å². The van der Waals surface area contributed by atoms with Crippen molar-refractivity contribution in [1.29, 1.82) is 0 Å². The fourth-order valence-electron chi connectivity index (χ4n) is 4.44. The van der Waals surface area contributed by atoms with Crippen LogP contribution in [0.5, 0.6) is 0 Å². The molecule has 2 unspecified atom stereocenters. The zero-order valence-electron chi connectivity index (χ0n) is 18.8. The Bertz CT molecular complexity index is 541. The summed E-state index contributed by atoms with van der Waals surface area (Å²) in [5.41, 5.74) is 0.481. The van der Waals surface area contributed by atoms with Crippen LogP contribution in [0.4, 0.5) is 0 Å². The predicted molar refractivity (Wildman–Crippen MR) is 113 cm³/mol. The first-order valence-electron chi connectivity index (χ1n) is 11.5. The van der Waals surface area contributed by atoms with Gasteiger partial charge >= 0.3 is 11.9 Å². The van der Waals surface area contributed by atoms with E-state index in [2.05, 4.69) is 6.58 Å². The van der Waals surface area contributed by atoms with Gasteiger partial charge < -0.3 is 14.2 Å². The lowest BCUT2D eigenvalue weighted by molar-refractivity contribution is -0.157. The van der Waals surface area contributed by atoms with E-state index < -0.39 is 0 Å². The van der Waals surface area contributed by atoms with E-state index in [0.29, 0.717) is 12.2 Å². The Morgan fingerprint density at radius 1 is 0.931 bits per heavy atom. The molecule has 0 spiro atoms. The quantitative estimate of drug-likeness (QED) is 0.387. The summed E-state index contributed by atoms with van der Waals surface area (Å²) in [7, 11) is 0. The smallest absolute Gasteiger partial charge is 0.333 e. The van der Waals surface area contributed by atoms with Gasteiger partial charge in [0.2, 0.25) is 0 Å². The van der Waals surface area contributed by atoms with Crippen molar-refractivity contribution >= 4 is 11.9 Å². The van der Waals surface area contributed by atoms with E-state index in [1.165, 1.54) is 12.8 Å². The second kappa shape index (κ2) is 11.7. The average Bonchev–Trinajstić information content (AvgIpc) is 2.72. The Kier molecular flexibility index (Phi) is 9.67. The predicted octanol–water partition coefficient (Wildman–Crippen LogP) is 5.22. The molecule has 0 aromatic rings. The van der Waals surface area contributed by atoms with Gasteiger partial charge in [0.15, 0.2) is 0 Å². The van der Waals surface area contributed by atoms with Crippen LogP contribution in [0.1, 0.15) is 85.5 Å². The van der Waals surface area contributed by atoms with Gasteiger partial charge in [-0.2, -0.15) is 0 Å². The molecular weight excluding hydrogens is 368 g/mol. The number of carbonyl (C=O) groups excluding carboxylic acids is 2. The third-order valence-electron chi connectivity index (χ3n) is 6.63. The Labute approximate surface area is 176 Å². The zero-order valence-corrected chi connectivity index (χ0v) is 18.8. The molecule has 0 N–H and O–H groups in total. The molecule has 0 radical (unpaired) electrons. The van der Waals surface area contributed by atoms with Crippen molar-refractivity contribution in [3.8, 4) is 0 Å². The molecule has 2 atom stereocenters. The van der Waals surface area contributed by atoms with Gasteiger partial charge in [-0.05, 0) is 83.5 Å². The Morgan fingerprint density at radius 2 is 1.45 bits per heavy atom. The molecule has 0 aromatic heterocycles. The van der Waals surface area contributed by atoms with E-state index in [0.717, 1.165) is 56.8 Å². The number of hydrogen-bond donors (Lipinski definition) is 0. The fourth-order valence-corrected chi connectivity index (χ4v) is 4.44. The zero-order chi connectivity index (χ0) is 21.4. The molecule has 5 heteroatoms. The molecule has 0 aromatic carbocycles. The van der Waals surface area contributed by atoms with E-state index >= 15 is 0 Å². The largest absolute Gasteiger partial charge is 0.460 e.